The van der Waals surface area contributed by atoms with Crippen LogP contribution in [0.3, 0.4) is 0 Å². The Labute approximate surface area is 98.9 Å². The lowest BCUT2D eigenvalue weighted by Gasteiger charge is -2.39. The second-order valence-corrected chi connectivity index (χ2v) is 5.42. The number of rotatable bonds is 5. The summed E-state index contributed by atoms with van der Waals surface area (Å²) >= 11 is 0. The quantitative estimate of drug-likeness (QED) is 0.579. The first-order chi connectivity index (χ1) is 7.56. The molecule has 1 rings (SSSR count). The molecule has 0 aromatic carbocycles. The normalized spacial score (nSPS) is 24.1. The van der Waals surface area contributed by atoms with Crippen molar-refractivity contribution in [3.05, 3.63) is 0 Å². The zero-order valence-electron chi connectivity index (χ0n) is 10.8. The van der Waals surface area contributed by atoms with Crippen molar-refractivity contribution in [2.45, 2.75) is 58.4 Å². The zero-order valence-corrected chi connectivity index (χ0v) is 10.8. The summed E-state index contributed by atoms with van der Waals surface area (Å²) in [6, 6.07) is 0.610. The molecule has 0 amide bonds. The molecular formula is C13H25NO2. The van der Waals surface area contributed by atoms with Crippen LogP contribution in [0.2, 0.25) is 0 Å². The van der Waals surface area contributed by atoms with Crippen LogP contribution < -0.4 is 5.32 Å². The summed E-state index contributed by atoms with van der Waals surface area (Å²) in [5.41, 5.74) is 0.406. The van der Waals surface area contributed by atoms with Crippen LogP contribution in [-0.2, 0) is 9.53 Å². The first-order valence-corrected chi connectivity index (χ1v) is 6.36. The Morgan fingerprint density at radius 2 is 2.19 bits per heavy atom. The molecule has 1 aliphatic carbocycles. The Hall–Kier alpha value is -0.570. The smallest absolute Gasteiger partial charge is 0.305 e. The lowest BCUT2D eigenvalue weighted by molar-refractivity contribution is -0.140. The van der Waals surface area contributed by atoms with Crippen molar-refractivity contribution in [1.82, 2.24) is 5.32 Å². The third-order valence-electron chi connectivity index (χ3n) is 3.68. The maximum absolute atomic E-state index is 10.9. The summed E-state index contributed by atoms with van der Waals surface area (Å²) in [6.45, 7) is 5.59. The molecule has 0 aromatic rings. The SMILES string of the molecule is COC(=O)CCCNC1CCCCC1(C)C. The lowest BCUT2D eigenvalue weighted by Crippen LogP contribution is -2.44. The number of methoxy groups -OCH3 is 1. The highest BCUT2D eigenvalue weighted by Gasteiger charge is 2.31. The van der Waals surface area contributed by atoms with E-state index in [0.29, 0.717) is 17.9 Å². The molecule has 0 saturated heterocycles. The van der Waals surface area contributed by atoms with Gasteiger partial charge in [0, 0.05) is 12.5 Å². The third kappa shape index (κ3) is 4.12. The highest BCUT2D eigenvalue weighted by molar-refractivity contribution is 5.69. The summed E-state index contributed by atoms with van der Waals surface area (Å²) in [7, 11) is 1.44. The van der Waals surface area contributed by atoms with E-state index in [-0.39, 0.29) is 5.97 Å². The molecule has 0 heterocycles. The molecule has 1 aliphatic rings. The molecule has 94 valence electrons. The Morgan fingerprint density at radius 1 is 1.44 bits per heavy atom. The van der Waals surface area contributed by atoms with Gasteiger partial charge in [0.25, 0.3) is 0 Å². The van der Waals surface area contributed by atoms with Crippen molar-refractivity contribution in [3.8, 4) is 0 Å². The summed E-state index contributed by atoms with van der Waals surface area (Å²) in [6.07, 6.45) is 6.66. The van der Waals surface area contributed by atoms with Crippen LogP contribution >= 0.6 is 0 Å². The monoisotopic (exact) mass is 227 g/mol. The van der Waals surface area contributed by atoms with Gasteiger partial charge in [0.2, 0.25) is 0 Å². The van der Waals surface area contributed by atoms with Crippen molar-refractivity contribution in [1.29, 1.82) is 0 Å². The van der Waals surface area contributed by atoms with Crippen LogP contribution in [0, 0.1) is 5.41 Å². The van der Waals surface area contributed by atoms with E-state index < -0.39 is 0 Å². The molecular weight excluding hydrogens is 202 g/mol. The minimum absolute atomic E-state index is 0.107. The standard InChI is InChI=1S/C13H25NO2/c1-13(2)9-5-4-7-11(13)14-10-6-8-12(15)16-3/h11,14H,4-10H2,1-3H3. The number of hydrogen-bond donors (Lipinski definition) is 1. The highest BCUT2D eigenvalue weighted by Crippen LogP contribution is 2.35. The summed E-state index contributed by atoms with van der Waals surface area (Å²) in [4.78, 5) is 10.9. The minimum atomic E-state index is -0.107. The molecule has 0 aliphatic heterocycles. The summed E-state index contributed by atoms with van der Waals surface area (Å²) in [5, 5.41) is 3.58. The third-order valence-corrected chi connectivity index (χ3v) is 3.68. The van der Waals surface area contributed by atoms with E-state index >= 15 is 0 Å². The first-order valence-electron chi connectivity index (χ1n) is 6.36. The van der Waals surface area contributed by atoms with Crippen LogP contribution in [0.25, 0.3) is 0 Å². The van der Waals surface area contributed by atoms with E-state index in [1.54, 1.807) is 0 Å². The fraction of sp³-hybridized carbons (Fsp3) is 0.923. The van der Waals surface area contributed by atoms with Gasteiger partial charge in [0.05, 0.1) is 7.11 Å². The molecule has 16 heavy (non-hydrogen) atoms. The number of nitrogens with one attached hydrogen (secondary N) is 1. The van der Waals surface area contributed by atoms with Gasteiger partial charge in [-0.1, -0.05) is 26.7 Å². The number of hydrogen-bond acceptors (Lipinski definition) is 3. The number of esters is 1. The highest BCUT2D eigenvalue weighted by atomic mass is 16.5. The second-order valence-electron chi connectivity index (χ2n) is 5.42. The van der Waals surface area contributed by atoms with Crippen LogP contribution in [-0.4, -0.2) is 25.7 Å². The predicted molar refractivity (Wildman–Crippen MR) is 65.3 cm³/mol. The van der Waals surface area contributed by atoms with Gasteiger partial charge in [0.1, 0.15) is 0 Å². The Bertz CT molecular complexity index is 226. The second kappa shape index (κ2) is 6.24. The van der Waals surface area contributed by atoms with Crippen LogP contribution in [0.5, 0.6) is 0 Å². The van der Waals surface area contributed by atoms with E-state index in [4.69, 9.17) is 0 Å². The Kier molecular flexibility index (Phi) is 5.26. The Balaban J connectivity index is 2.18. The van der Waals surface area contributed by atoms with E-state index in [9.17, 15) is 4.79 Å². The molecule has 3 heteroatoms. The van der Waals surface area contributed by atoms with Crippen molar-refractivity contribution < 1.29 is 9.53 Å². The molecule has 0 spiro atoms. The van der Waals surface area contributed by atoms with Crippen LogP contribution in [0.15, 0.2) is 0 Å². The maximum Gasteiger partial charge on any atom is 0.305 e. The fourth-order valence-corrected chi connectivity index (χ4v) is 2.48. The summed E-state index contributed by atoms with van der Waals surface area (Å²) < 4.78 is 4.62. The van der Waals surface area contributed by atoms with Crippen LogP contribution in [0.4, 0.5) is 0 Å². The maximum atomic E-state index is 10.9. The van der Waals surface area contributed by atoms with Gasteiger partial charge in [0.15, 0.2) is 0 Å². The van der Waals surface area contributed by atoms with E-state index in [0.717, 1.165) is 13.0 Å². The average molecular weight is 227 g/mol. The van der Waals surface area contributed by atoms with Gasteiger partial charge in [-0.3, -0.25) is 4.79 Å². The topological polar surface area (TPSA) is 38.3 Å². The van der Waals surface area contributed by atoms with Gasteiger partial charge >= 0.3 is 5.97 Å². The molecule has 1 saturated carbocycles. The largest absolute Gasteiger partial charge is 0.469 e. The fourth-order valence-electron chi connectivity index (χ4n) is 2.48. The van der Waals surface area contributed by atoms with Gasteiger partial charge < -0.3 is 10.1 Å². The average Bonchev–Trinajstić information content (AvgIpc) is 2.25. The zero-order chi connectivity index (χ0) is 12.0. The molecule has 0 aromatic heterocycles. The predicted octanol–water partition coefficient (Wildman–Crippen LogP) is 2.50. The number of carbonyl (C=O) groups is 1. The molecule has 1 atom stereocenters. The van der Waals surface area contributed by atoms with Crippen molar-refractivity contribution in [2.24, 2.45) is 5.41 Å². The number of carbonyl (C=O) groups excluding carboxylic acids is 1. The van der Waals surface area contributed by atoms with Gasteiger partial charge in [-0.2, -0.15) is 0 Å². The van der Waals surface area contributed by atoms with E-state index in [2.05, 4.69) is 23.9 Å². The molecule has 1 N–H and O–H groups in total. The van der Waals surface area contributed by atoms with E-state index in [1.807, 2.05) is 0 Å². The molecule has 1 unspecified atom stereocenters. The van der Waals surface area contributed by atoms with Crippen LogP contribution in [0.1, 0.15) is 52.4 Å². The Morgan fingerprint density at radius 3 is 2.81 bits per heavy atom. The van der Waals surface area contributed by atoms with Crippen molar-refractivity contribution >= 4 is 5.97 Å². The molecule has 1 fully saturated rings. The molecule has 0 radical (unpaired) electrons. The number of ether oxygens (including phenoxy) is 1. The molecule has 3 nitrogen and oxygen atoms in total. The van der Waals surface area contributed by atoms with Crippen molar-refractivity contribution in [3.63, 3.8) is 0 Å². The summed E-state index contributed by atoms with van der Waals surface area (Å²) in [5.74, 6) is -0.107. The molecule has 0 bridgehead atoms. The minimum Gasteiger partial charge on any atom is -0.469 e. The van der Waals surface area contributed by atoms with Crippen molar-refractivity contribution in [2.75, 3.05) is 13.7 Å². The lowest BCUT2D eigenvalue weighted by atomic mass is 9.73. The van der Waals surface area contributed by atoms with E-state index in [1.165, 1.54) is 32.8 Å². The van der Waals surface area contributed by atoms with Gasteiger partial charge in [-0.15, -0.1) is 0 Å². The van der Waals surface area contributed by atoms with Gasteiger partial charge in [-0.05, 0) is 31.2 Å². The van der Waals surface area contributed by atoms with Gasteiger partial charge in [-0.25, -0.2) is 0 Å². The first kappa shape index (κ1) is 13.5.